The average Bonchev–Trinajstić information content (AvgIpc) is 3.09. The molecule has 180 valence electrons. The molecule has 0 aliphatic heterocycles. The maximum atomic E-state index is 13.6. The molecular formula is C25H26F2N2O5. The van der Waals surface area contributed by atoms with Crippen LogP contribution >= 0.6 is 0 Å². The summed E-state index contributed by atoms with van der Waals surface area (Å²) >= 11 is 0. The summed E-state index contributed by atoms with van der Waals surface area (Å²) in [5.74, 6) is -2.16. The number of aliphatic carboxylic acids is 1. The third-order valence-electron chi connectivity index (χ3n) is 6.94. The summed E-state index contributed by atoms with van der Waals surface area (Å²) in [6.45, 7) is -0.0498. The topological polar surface area (TPSA) is 95.9 Å². The number of ether oxygens (including phenoxy) is 1. The molecule has 9 heteroatoms. The Morgan fingerprint density at radius 3 is 2.12 bits per heavy atom. The summed E-state index contributed by atoms with van der Waals surface area (Å²) < 4.78 is 32.5. The zero-order valence-corrected chi connectivity index (χ0v) is 18.7. The molecule has 2 aliphatic rings. The number of carbonyl (C=O) groups excluding carboxylic acids is 2. The molecule has 4 rings (SSSR count). The number of carboxylic acids is 1. The minimum absolute atomic E-state index is 0.0498. The van der Waals surface area contributed by atoms with Gasteiger partial charge in [0.05, 0.1) is 6.42 Å². The van der Waals surface area contributed by atoms with Crippen LogP contribution in [0.15, 0.2) is 48.5 Å². The van der Waals surface area contributed by atoms with Crippen molar-refractivity contribution in [1.82, 2.24) is 10.2 Å². The number of hydrogen-bond acceptors (Lipinski definition) is 4. The number of benzene rings is 2. The van der Waals surface area contributed by atoms with Crippen LogP contribution in [0.25, 0.3) is 11.1 Å². The highest BCUT2D eigenvalue weighted by Gasteiger charge is 2.50. The summed E-state index contributed by atoms with van der Waals surface area (Å²) in [5.41, 5.74) is 2.67. The van der Waals surface area contributed by atoms with Crippen molar-refractivity contribution in [2.75, 3.05) is 13.7 Å². The summed E-state index contributed by atoms with van der Waals surface area (Å²) in [5, 5.41) is 11.6. The number of hydrogen-bond donors (Lipinski definition) is 2. The minimum atomic E-state index is -3.03. The van der Waals surface area contributed by atoms with Gasteiger partial charge in [0.1, 0.15) is 18.2 Å². The minimum Gasteiger partial charge on any atom is -0.479 e. The molecule has 2 N–H and O–H groups in total. The fraction of sp³-hybridized carbons (Fsp3) is 0.400. The van der Waals surface area contributed by atoms with Crippen molar-refractivity contribution >= 4 is 18.0 Å². The Morgan fingerprint density at radius 2 is 1.65 bits per heavy atom. The molecule has 1 unspecified atom stereocenters. The van der Waals surface area contributed by atoms with Crippen molar-refractivity contribution in [3.05, 3.63) is 59.7 Å². The van der Waals surface area contributed by atoms with E-state index in [4.69, 9.17) is 4.74 Å². The summed E-state index contributed by atoms with van der Waals surface area (Å²) in [6, 6.07) is 13.7. The number of likely N-dealkylation sites (N-methyl/N-ethyl adjacent to an activating group) is 1. The molecule has 7 nitrogen and oxygen atoms in total. The molecule has 0 aromatic heterocycles. The first-order valence-electron chi connectivity index (χ1n) is 11.1. The van der Waals surface area contributed by atoms with Gasteiger partial charge in [-0.1, -0.05) is 48.5 Å². The highest BCUT2D eigenvalue weighted by atomic mass is 19.3. The number of carboxylic acid groups (broad SMARTS) is 1. The normalized spacial score (nSPS) is 16.7. The number of nitrogens with one attached hydrogen (secondary N) is 1. The van der Waals surface area contributed by atoms with Gasteiger partial charge in [-0.3, -0.25) is 4.79 Å². The number of alkyl carbamates (subject to hydrolysis) is 1. The summed E-state index contributed by atoms with van der Waals surface area (Å²) in [6.07, 6.45) is -3.64. The van der Waals surface area contributed by atoms with Crippen molar-refractivity contribution in [2.24, 2.45) is 0 Å². The van der Waals surface area contributed by atoms with Gasteiger partial charge in [-0.25, -0.2) is 18.4 Å². The van der Waals surface area contributed by atoms with Gasteiger partial charge in [0.25, 0.3) is 6.43 Å². The monoisotopic (exact) mass is 472 g/mol. The van der Waals surface area contributed by atoms with Gasteiger partial charge in [0.2, 0.25) is 5.91 Å². The average molecular weight is 472 g/mol. The number of halogens is 2. The molecule has 34 heavy (non-hydrogen) atoms. The Bertz CT molecular complexity index is 1060. The van der Waals surface area contributed by atoms with Gasteiger partial charge < -0.3 is 20.1 Å². The van der Waals surface area contributed by atoms with Gasteiger partial charge in [-0.15, -0.1) is 0 Å². The molecule has 1 atom stereocenters. The maximum absolute atomic E-state index is 13.6. The van der Waals surface area contributed by atoms with Crippen LogP contribution in [0, 0.1) is 0 Å². The van der Waals surface area contributed by atoms with Crippen molar-refractivity contribution < 1.29 is 33.0 Å². The second-order valence-corrected chi connectivity index (χ2v) is 8.76. The predicted molar refractivity (Wildman–Crippen MR) is 120 cm³/mol. The number of rotatable bonds is 8. The van der Waals surface area contributed by atoms with Crippen LogP contribution in [-0.2, 0) is 14.3 Å². The number of amides is 2. The number of nitrogens with zero attached hydrogens (tertiary/aromatic N) is 1. The van der Waals surface area contributed by atoms with E-state index < -0.39 is 42.4 Å². The number of carbonyl (C=O) groups is 3. The molecule has 2 amide bonds. The lowest BCUT2D eigenvalue weighted by atomic mass is 9.75. The van der Waals surface area contributed by atoms with E-state index in [1.807, 2.05) is 48.5 Å². The zero-order valence-electron chi connectivity index (χ0n) is 18.7. The fourth-order valence-electron chi connectivity index (χ4n) is 4.76. The Labute approximate surface area is 195 Å². The molecule has 0 radical (unpaired) electrons. The Kier molecular flexibility index (Phi) is 6.54. The van der Waals surface area contributed by atoms with Crippen LogP contribution in [0.1, 0.15) is 42.7 Å². The second kappa shape index (κ2) is 9.40. The lowest BCUT2D eigenvalue weighted by Crippen LogP contribution is -2.60. The maximum Gasteiger partial charge on any atom is 0.407 e. The molecule has 2 aromatic rings. The second-order valence-electron chi connectivity index (χ2n) is 8.76. The first kappa shape index (κ1) is 23.7. The lowest BCUT2D eigenvalue weighted by molar-refractivity contribution is -0.164. The number of alkyl halides is 2. The van der Waals surface area contributed by atoms with Gasteiger partial charge in [0, 0.05) is 13.0 Å². The van der Waals surface area contributed by atoms with Gasteiger partial charge in [0.15, 0.2) is 0 Å². The molecule has 1 fully saturated rings. The van der Waals surface area contributed by atoms with Crippen molar-refractivity contribution in [3.8, 4) is 11.1 Å². The predicted octanol–water partition coefficient (Wildman–Crippen LogP) is 4.01. The van der Waals surface area contributed by atoms with Crippen LogP contribution in [0.4, 0.5) is 13.6 Å². The first-order chi connectivity index (χ1) is 16.2. The van der Waals surface area contributed by atoms with E-state index in [9.17, 15) is 28.3 Å². The van der Waals surface area contributed by atoms with Crippen LogP contribution in [0.5, 0.6) is 0 Å². The quantitative estimate of drug-likeness (QED) is 0.605. The molecule has 2 aliphatic carbocycles. The van der Waals surface area contributed by atoms with Crippen LogP contribution in [0.3, 0.4) is 0 Å². The van der Waals surface area contributed by atoms with Crippen LogP contribution < -0.4 is 5.32 Å². The smallest absolute Gasteiger partial charge is 0.407 e. The Balaban J connectivity index is 1.39. The molecule has 0 heterocycles. The van der Waals surface area contributed by atoms with Crippen molar-refractivity contribution in [1.29, 1.82) is 0 Å². The third-order valence-corrected chi connectivity index (χ3v) is 6.94. The van der Waals surface area contributed by atoms with Crippen LogP contribution in [-0.4, -0.2) is 59.6 Å². The Morgan fingerprint density at radius 1 is 1.09 bits per heavy atom. The fourth-order valence-corrected chi connectivity index (χ4v) is 4.76. The zero-order chi connectivity index (χ0) is 24.5. The van der Waals surface area contributed by atoms with Gasteiger partial charge >= 0.3 is 12.1 Å². The van der Waals surface area contributed by atoms with E-state index in [1.165, 1.54) is 7.05 Å². The molecule has 2 aromatic carbocycles. The standard InChI is InChI=1S/C25H26F2N2O5/c1-29(25(23(31)32)11-6-12-25)21(30)13-20(22(26)27)28-24(33)34-14-19-17-9-4-2-7-15(17)16-8-3-5-10-18(16)19/h2-5,7-10,19-20,22H,6,11-14H2,1H3,(H,28,33)(H,31,32). The van der Waals surface area contributed by atoms with Crippen molar-refractivity contribution in [2.45, 2.75) is 49.6 Å². The summed E-state index contributed by atoms with van der Waals surface area (Å²) in [7, 11) is 1.30. The molecule has 1 saturated carbocycles. The van der Waals surface area contributed by atoms with Crippen molar-refractivity contribution in [3.63, 3.8) is 0 Å². The van der Waals surface area contributed by atoms with Gasteiger partial charge in [-0.05, 0) is 41.5 Å². The SMILES string of the molecule is CN(C(=O)CC(NC(=O)OCC1c2ccccc2-c2ccccc21)C(F)F)C1(C(=O)O)CCC1. The van der Waals surface area contributed by atoms with Gasteiger partial charge in [-0.2, -0.15) is 0 Å². The van der Waals surface area contributed by atoms with E-state index in [2.05, 4.69) is 5.32 Å². The third kappa shape index (κ3) is 4.22. The summed E-state index contributed by atoms with van der Waals surface area (Å²) in [4.78, 5) is 37.5. The van der Waals surface area contributed by atoms with E-state index in [-0.39, 0.29) is 25.4 Å². The molecule has 0 saturated heterocycles. The largest absolute Gasteiger partial charge is 0.479 e. The highest BCUT2D eigenvalue weighted by molar-refractivity contribution is 5.88. The molecular weight excluding hydrogens is 446 g/mol. The first-order valence-corrected chi connectivity index (χ1v) is 11.1. The Hall–Kier alpha value is -3.49. The lowest BCUT2D eigenvalue weighted by Gasteiger charge is -2.45. The molecule has 0 bridgehead atoms. The van der Waals surface area contributed by atoms with E-state index in [1.54, 1.807) is 0 Å². The molecule has 0 spiro atoms. The van der Waals surface area contributed by atoms with Crippen LogP contribution in [0.2, 0.25) is 0 Å². The number of fused-ring (bicyclic) bond motifs is 3. The van der Waals surface area contributed by atoms with E-state index in [0.717, 1.165) is 27.2 Å². The van der Waals surface area contributed by atoms with E-state index in [0.29, 0.717) is 6.42 Å². The highest BCUT2D eigenvalue weighted by Crippen LogP contribution is 2.44. The van der Waals surface area contributed by atoms with E-state index >= 15 is 0 Å².